The zero-order valence-corrected chi connectivity index (χ0v) is 36.6. The van der Waals surface area contributed by atoms with Crippen LogP contribution in [0.5, 0.6) is 0 Å². The van der Waals surface area contributed by atoms with Gasteiger partial charge in [-0.2, -0.15) is 0 Å². The molecule has 0 fully saturated rings. The van der Waals surface area contributed by atoms with Crippen LogP contribution in [0, 0.1) is 0 Å². The molecule has 4 aliphatic rings. The van der Waals surface area contributed by atoms with Crippen molar-refractivity contribution in [2.24, 2.45) is 0 Å². The average molecular weight is 792 g/mol. The van der Waals surface area contributed by atoms with E-state index in [1.807, 2.05) is 0 Å². The molecule has 292 valence electrons. The third-order valence-corrected chi connectivity index (χ3v) is 16.0. The van der Waals surface area contributed by atoms with Crippen LogP contribution in [0.3, 0.4) is 0 Å². The number of hydrogen-bond acceptors (Lipinski definition) is 2. The van der Waals surface area contributed by atoms with Crippen LogP contribution in [0.1, 0.15) is 89.1 Å². The van der Waals surface area contributed by atoms with Crippen molar-refractivity contribution in [3.63, 3.8) is 0 Å². The monoisotopic (exact) mass is 791 g/mol. The van der Waals surface area contributed by atoms with Gasteiger partial charge in [0.15, 0.2) is 0 Å². The third kappa shape index (κ3) is 5.11. The molecule has 0 unspecified atom stereocenters. The first-order valence-electron chi connectivity index (χ1n) is 22.0. The van der Waals surface area contributed by atoms with Gasteiger partial charge in [0.25, 0.3) is 6.71 Å². The number of hydrogen-bond donors (Lipinski definition) is 0. The summed E-state index contributed by atoms with van der Waals surface area (Å²) >= 11 is 2.05. The second-order valence-electron chi connectivity index (χ2n) is 20.3. The van der Waals surface area contributed by atoms with Crippen molar-refractivity contribution in [1.29, 1.82) is 0 Å². The molecule has 0 radical (unpaired) electrons. The van der Waals surface area contributed by atoms with Crippen molar-refractivity contribution in [2.45, 2.75) is 84.0 Å². The van der Waals surface area contributed by atoms with Gasteiger partial charge in [0, 0.05) is 27.0 Å². The first kappa shape index (κ1) is 36.2. The zero-order valence-electron chi connectivity index (χ0n) is 35.8. The number of fused-ring (bicyclic) bond motifs is 11. The van der Waals surface area contributed by atoms with Crippen LogP contribution in [-0.2, 0) is 22.7 Å². The summed E-state index contributed by atoms with van der Waals surface area (Å²) in [6.07, 6.45) is 3.39. The summed E-state index contributed by atoms with van der Waals surface area (Å²) in [5.74, 6) is 0. The summed E-state index contributed by atoms with van der Waals surface area (Å²) in [6.45, 7) is 17.0. The predicted molar refractivity (Wildman–Crippen MR) is 260 cm³/mol. The minimum Gasteiger partial charge on any atom is -0.311 e. The van der Waals surface area contributed by atoms with Crippen molar-refractivity contribution in [1.82, 2.24) is 0 Å². The van der Waals surface area contributed by atoms with Gasteiger partial charge < -0.3 is 4.90 Å². The summed E-state index contributed by atoms with van der Waals surface area (Å²) in [7, 11) is 0. The first-order valence-corrected chi connectivity index (χ1v) is 22.8. The molecule has 0 atom stereocenters. The highest BCUT2D eigenvalue weighted by molar-refractivity contribution is 7.34. The fourth-order valence-electron chi connectivity index (χ4n) is 11.4. The Bertz CT molecular complexity index is 3120. The Balaban J connectivity index is 1.18. The molecule has 3 heteroatoms. The molecule has 2 aliphatic heterocycles. The maximum atomic E-state index is 2.64. The Morgan fingerprint density at radius 2 is 1.27 bits per heavy atom. The lowest BCUT2D eigenvalue weighted by atomic mass is 9.39. The smallest absolute Gasteiger partial charge is 0.260 e. The lowest BCUT2D eigenvalue weighted by molar-refractivity contribution is 0.332. The van der Waals surface area contributed by atoms with E-state index >= 15 is 0 Å². The van der Waals surface area contributed by atoms with E-state index in [4.69, 9.17) is 0 Å². The van der Waals surface area contributed by atoms with Crippen LogP contribution < -0.4 is 20.6 Å². The highest BCUT2D eigenvalue weighted by Gasteiger charge is 2.46. The Labute approximate surface area is 359 Å². The summed E-state index contributed by atoms with van der Waals surface area (Å²) < 4.78 is 2.93. The van der Waals surface area contributed by atoms with E-state index in [1.165, 1.54) is 122 Å². The average Bonchev–Trinajstić information content (AvgIpc) is 3.91. The van der Waals surface area contributed by atoms with Crippen molar-refractivity contribution in [3.8, 4) is 44.5 Å². The zero-order chi connectivity index (χ0) is 40.9. The Morgan fingerprint density at radius 1 is 0.567 bits per heavy atom. The van der Waals surface area contributed by atoms with Gasteiger partial charge >= 0.3 is 0 Å². The molecule has 3 heterocycles. The molecular formula is C57H50BNS. The molecule has 0 saturated heterocycles. The molecule has 1 aromatic heterocycles. The standard InChI is InChI=1S/C57H50BNS/c1-55(2,3)37-24-25-48(41(31-37)34-16-9-8-10-17-34)59-49-23-14-13-22-47(49)58-53-44(52-43-32-45-46(33-51(43)60-54(52)58)57(6,7)27-26-56(45,4)5)29-36(30-50(53)59)39-20-15-21-40-38-19-12-11-18-35(38)28-42(39)40/h8-25,29-33H,26-28H2,1-7H3. The largest absolute Gasteiger partial charge is 0.311 e. The SMILES string of the molecule is CC(C)(C)c1ccc(N2c3ccccc3B3c4sc5cc6c(cc5c4-c4cc(-c5cccc7c5Cc5ccccc5-7)cc2c43)C(C)(C)CCC6(C)C)c(-c2ccccc2)c1. The molecule has 12 rings (SSSR count). The van der Waals surface area contributed by atoms with Gasteiger partial charge in [-0.15, -0.1) is 11.3 Å². The van der Waals surface area contributed by atoms with Crippen LogP contribution in [-0.4, -0.2) is 6.71 Å². The first-order chi connectivity index (χ1) is 28.9. The number of thiophene rings is 1. The topological polar surface area (TPSA) is 3.24 Å². The Kier molecular flexibility index (Phi) is 7.53. The quantitative estimate of drug-likeness (QED) is 0.161. The molecule has 0 N–H and O–H groups in total. The van der Waals surface area contributed by atoms with Crippen molar-refractivity contribution in [2.75, 3.05) is 4.90 Å². The Hall–Kier alpha value is -5.64. The van der Waals surface area contributed by atoms with E-state index in [0.29, 0.717) is 0 Å². The summed E-state index contributed by atoms with van der Waals surface area (Å²) in [5, 5.41) is 1.43. The van der Waals surface area contributed by atoms with E-state index in [-0.39, 0.29) is 23.0 Å². The van der Waals surface area contributed by atoms with E-state index in [2.05, 4.69) is 204 Å². The number of anilines is 3. The third-order valence-electron chi connectivity index (χ3n) is 14.7. The minimum absolute atomic E-state index is 0.0116. The molecule has 0 bridgehead atoms. The fourth-order valence-corrected chi connectivity index (χ4v) is 12.7. The maximum Gasteiger partial charge on any atom is 0.260 e. The maximum absolute atomic E-state index is 2.64. The van der Waals surface area contributed by atoms with E-state index in [1.54, 1.807) is 5.56 Å². The molecule has 60 heavy (non-hydrogen) atoms. The molecule has 0 saturated carbocycles. The van der Waals surface area contributed by atoms with Crippen molar-refractivity contribution >= 4 is 60.9 Å². The lowest BCUT2D eigenvalue weighted by Gasteiger charge is -2.42. The molecule has 1 nitrogen and oxygen atoms in total. The normalized spacial score (nSPS) is 16.2. The van der Waals surface area contributed by atoms with Crippen LogP contribution in [0.15, 0.2) is 140 Å². The second kappa shape index (κ2) is 12.5. The molecule has 0 amide bonds. The molecule has 0 spiro atoms. The van der Waals surface area contributed by atoms with Crippen LogP contribution in [0.4, 0.5) is 17.1 Å². The lowest BCUT2D eigenvalue weighted by Crippen LogP contribution is -2.54. The van der Waals surface area contributed by atoms with E-state index in [9.17, 15) is 0 Å². The fraction of sp³-hybridized carbons (Fsp3) is 0.228. The second-order valence-corrected chi connectivity index (χ2v) is 21.4. The molecule has 8 aromatic rings. The number of rotatable bonds is 3. The van der Waals surface area contributed by atoms with Crippen LogP contribution >= 0.6 is 11.3 Å². The van der Waals surface area contributed by atoms with Gasteiger partial charge in [0.1, 0.15) is 0 Å². The van der Waals surface area contributed by atoms with Gasteiger partial charge in [0.2, 0.25) is 0 Å². The summed E-state index contributed by atoms with van der Waals surface area (Å²) in [6, 6.07) is 54.0. The number of para-hydroxylation sites is 1. The van der Waals surface area contributed by atoms with Crippen LogP contribution in [0.25, 0.3) is 54.6 Å². The number of nitrogens with zero attached hydrogens (tertiary/aromatic N) is 1. The van der Waals surface area contributed by atoms with Gasteiger partial charge in [-0.1, -0.05) is 146 Å². The van der Waals surface area contributed by atoms with Gasteiger partial charge in [-0.25, -0.2) is 0 Å². The predicted octanol–water partition coefficient (Wildman–Crippen LogP) is 13.7. The van der Waals surface area contributed by atoms with Crippen molar-refractivity contribution < 1.29 is 0 Å². The molecule has 7 aromatic carbocycles. The van der Waals surface area contributed by atoms with Gasteiger partial charge in [0.05, 0.1) is 5.69 Å². The highest BCUT2D eigenvalue weighted by atomic mass is 32.1. The van der Waals surface area contributed by atoms with Gasteiger partial charge in [-0.3, -0.25) is 0 Å². The number of benzene rings is 7. The van der Waals surface area contributed by atoms with Crippen LogP contribution in [0.2, 0.25) is 0 Å². The molecule has 2 aliphatic carbocycles. The Morgan fingerprint density at radius 3 is 2.07 bits per heavy atom. The minimum atomic E-state index is 0.0116. The summed E-state index contributed by atoms with van der Waals surface area (Å²) in [4.78, 5) is 2.63. The van der Waals surface area contributed by atoms with E-state index < -0.39 is 0 Å². The highest BCUT2D eigenvalue weighted by Crippen LogP contribution is 2.53. The van der Waals surface area contributed by atoms with Crippen molar-refractivity contribution in [3.05, 3.63) is 167 Å². The summed E-state index contributed by atoms with van der Waals surface area (Å²) in [5.41, 5.74) is 25.0. The van der Waals surface area contributed by atoms with E-state index in [0.717, 1.165) is 6.42 Å². The molecular weight excluding hydrogens is 742 g/mol. The van der Waals surface area contributed by atoms with Gasteiger partial charge in [-0.05, 0) is 160 Å².